The summed E-state index contributed by atoms with van der Waals surface area (Å²) in [6.07, 6.45) is -9.06. The smallest absolute Gasteiger partial charge is 0.405 e. The van der Waals surface area contributed by atoms with Gasteiger partial charge in [-0.05, 0) is 13.0 Å². The number of para-hydroxylation sites is 1. The van der Waals surface area contributed by atoms with Crippen LogP contribution in [0.5, 0.6) is 5.75 Å². The lowest BCUT2D eigenvalue weighted by atomic mass is 10.2. The number of alkyl halides is 6. The van der Waals surface area contributed by atoms with Gasteiger partial charge < -0.3 is 15.4 Å². The zero-order chi connectivity index (χ0) is 21.5. The highest BCUT2D eigenvalue weighted by atomic mass is 127. The highest BCUT2D eigenvalue weighted by molar-refractivity contribution is 14.0. The van der Waals surface area contributed by atoms with Crippen LogP contribution in [0.15, 0.2) is 34.6 Å². The Bertz CT molecular complexity index is 825. The van der Waals surface area contributed by atoms with Gasteiger partial charge in [-0.1, -0.05) is 18.2 Å². The molecule has 2 aromatic rings. The molecule has 1 aromatic carbocycles. The minimum atomic E-state index is -4.81. The number of ether oxygens (including phenoxy) is 1. The van der Waals surface area contributed by atoms with E-state index in [0.717, 1.165) is 16.7 Å². The van der Waals surface area contributed by atoms with Gasteiger partial charge in [-0.2, -0.15) is 13.2 Å². The zero-order valence-electron chi connectivity index (χ0n) is 15.6. The Morgan fingerprint density at radius 3 is 2.43 bits per heavy atom. The van der Waals surface area contributed by atoms with Gasteiger partial charge in [-0.25, -0.2) is 9.98 Å². The van der Waals surface area contributed by atoms with Crippen molar-refractivity contribution in [2.24, 2.45) is 4.99 Å². The predicted molar refractivity (Wildman–Crippen MR) is 112 cm³/mol. The van der Waals surface area contributed by atoms with E-state index in [1.807, 2.05) is 0 Å². The number of thiazole rings is 1. The Balaban J connectivity index is 0.00000450. The Labute approximate surface area is 190 Å². The Hall–Kier alpha value is -1.77. The van der Waals surface area contributed by atoms with Crippen LogP contribution in [-0.2, 0) is 19.1 Å². The Kier molecular flexibility index (Phi) is 10.1. The second kappa shape index (κ2) is 11.6. The fraction of sp³-hybridized carbons (Fsp3) is 0.412. The Morgan fingerprint density at radius 1 is 1.13 bits per heavy atom. The molecule has 0 aliphatic carbocycles. The number of rotatable bonds is 7. The number of hydrogen-bond donors (Lipinski definition) is 2. The number of aliphatic imine (C=N–C) groups is 1. The van der Waals surface area contributed by atoms with Gasteiger partial charge in [-0.3, -0.25) is 0 Å². The number of nitrogens with one attached hydrogen (secondary N) is 2. The average molecular weight is 568 g/mol. The lowest BCUT2D eigenvalue weighted by Gasteiger charge is -2.13. The van der Waals surface area contributed by atoms with Crippen molar-refractivity contribution >= 4 is 41.3 Å². The van der Waals surface area contributed by atoms with Crippen molar-refractivity contribution in [2.75, 3.05) is 13.1 Å². The summed E-state index contributed by atoms with van der Waals surface area (Å²) in [5.74, 6) is -0.0380. The van der Waals surface area contributed by atoms with E-state index in [9.17, 15) is 26.3 Å². The summed E-state index contributed by atoms with van der Waals surface area (Å²) in [6.45, 7) is 2.45. The minimum absolute atomic E-state index is 0. The van der Waals surface area contributed by atoms with Gasteiger partial charge >= 0.3 is 12.5 Å². The van der Waals surface area contributed by atoms with Gasteiger partial charge in [0.05, 0.1) is 11.6 Å². The van der Waals surface area contributed by atoms with Crippen LogP contribution in [0.25, 0.3) is 0 Å². The molecule has 2 N–H and O–H groups in total. The van der Waals surface area contributed by atoms with Crippen LogP contribution in [0.2, 0.25) is 0 Å². The molecule has 0 unspecified atom stereocenters. The van der Waals surface area contributed by atoms with Gasteiger partial charge in [0.25, 0.3) is 0 Å². The first-order valence-electron chi connectivity index (χ1n) is 8.46. The molecule has 0 saturated heterocycles. The quantitative estimate of drug-likeness (QED) is 0.214. The van der Waals surface area contributed by atoms with Crippen LogP contribution in [0.4, 0.5) is 26.3 Å². The number of benzene rings is 1. The molecule has 0 amide bonds. The van der Waals surface area contributed by atoms with Crippen LogP contribution < -0.4 is 15.4 Å². The van der Waals surface area contributed by atoms with Crippen molar-refractivity contribution < 1.29 is 31.1 Å². The normalized spacial score (nSPS) is 12.3. The van der Waals surface area contributed by atoms with E-state index in [0.29, 0.717) is 17.5 Å². The lowest BCUT2D eigenvalue weighted by Crippen LogP contribution is -2.38. The molecular formula is C17H19F6IN4OS. The monoisotopic (exact) mass is 568 g/mol. The minimum Gasteiger partial charge on any atom is -0.405 e. The maximum absolute atomic E-state index is 12.6. The molecular weight excluding hydrogens is 549 g/mol. The first kappa shape index (κ1) is 26.3. The van der Waals surface area contributed by atoms with Crippen molar-refractivity contribution in [1.82, 2.24) is 15.6 Å². The van der Waals surface area contributed by atoms with E-state index in [2.05, 4.69) is 25.3 Å². The molecule has 1 heterocycles. The summed E-state index contributed by atoms with van der Waals surface area (Å²) >= 11 is 0.904. The number of aromatic nitrogens is 1. The second-order valence-electron chi connectivity index (χ2n) is 5.65. The fourth-order valence-electron chi connectivity index (χ4n) is 2.21. The van der Waals surface area contributed by atoms with Crippen LogP contribution in [-0.4, -0.2) is 30.4 Å². The molecule has 2 rings (SSSR count). The van der Waals surface area contributed by atoms with E-state index in [-0.39, 0.29) is 54.8 Å². The summed E-state index contributed by atoms with van der Waals surface area (Å²) in [5.41, 5.74) is -0.698. The van der Waals surface area contributed by atoms with E-state index in [1.54, 1.807) is 13.0 Å². The Morgan fingerprint density at radius 2 is 1.83 bits per heavy atom. The average Bonchev–Trinajstić information content (AvgIpc) is 3.09. The summed E-state index contributed by atoms with van der Waals surface area (Å²) in [6, 6.07) is 5.64. The molecule has 0 saturated carbocycles. The van der Waals surface area contributed by atoms with Crippen molar-refractivity contribution in [3.63, 3.8) is 0 Å². The van der Waals surface area contributed by atoms with Gasteiger partial charge in [0.1, 0.15) is 5.75 Å². The second-order valence-corrected chi connectivity index (χ2v) is 6.59. The van der Waals surface area contributed by atoms with Gasteiger partial charge in [0, 0.05) is 30.5 Å². The fourth-order valence-corrected chi connectivity index (χ4v) is 3.01. The number of halogens is 7. The molecule has 30 heavy (non-hydrogen) atoms. The SMILES string of the molecule is CCNC(=NCc1ccccc1OC(F)(F)F)NCCc1nc(C(F)(F)F)cs1.I. The highest BCUT2D eigenvalue weighted by Crippen LogP contribution is 2.30. The molecule has 0 bridgehead atoms. The summed E-state index contributed by atoms with van der Waals surface area (Å²) in [7, 11) is 0. The maximum atomic E-state index is 12.6. The zero-order valence-corrected chi connectivity index (χ0v) is 18.7. The molecule has 0 aliphatic heterocycles. The summed E-state index contributed by atoms with van der Waals surface area (Å²) in [4.78, 5) is 7.73. The van der Waals surface area contributed by atoms with Crippen molar-refractivity contribution in [2.45, 2.75) is 32.4 Å². The van der Waals surface area contributed by atoms with E-state index in [4.69, 9.17) is 0 Å². The third kappa shape index (κ3) is 8.93. The third-order valence-corrected chi connectivity index (χ3v) is 4.33. The molecule has 0 fully saturated rings. The molecule has 0 spiro atoms. The molecule has 168 valence electrons. The van der Waals surface area contributed by atoms with Crippen molar-refractivity contribution in [1.29, 1.82) is 0 Å². The van der Waals surface area contributed by atoms with Crippen molar-refractivity contribution in [3.05, 3.63) is 45.9 Å². The molecule has 13 heteroatoms. The summed E-state index contributed by atoms with van der Waals surface area (Å²) in [5, 5.41) is 7.09. The maximum Gasteiger partial charge on any atom is 0.573 e. The van der Waals surface area contributed by atoms with E-state index in [1.165, 1.54) is 18.2 Å². The number of hydrogen-bond acceptors (Lipinski definition) is 4. The third-order valence-electron chi connectivity index (χ3n) is 3.42. The first-order valence-corrected chi connectivity index (χ1v) is 9.34. The lowest BCUT2D eigenvalue weighted by molar-refractivity contribution is -0.274. The van der Waals surface area contributed by atoms with Gasteiger partial charge in [0.15, 0.2) is 11.7 Å². The highest BCUT2D eigenvalue weighted by Gasteiger charge is 2.33. The van der Waals surface area contributed by atoms with Crippen LogP contribution in [0, 0.1) is 0 Å². The van der Waals surface area contributed by atoms with E-state index >= 15 is 0 Å². The van der Waals surface area contributed by atoms with Crippen molar-refractivity contribution in [3.8, 4) is 5.75 Å². The number of guanidine groups is 1. The first-order chi connectivity index (χ1) is 13.6. The molecule has 0 aliphatic rings. The predicted octanol–water partition coefficient (Wildman–Crippen LogP) is 4.98. The van der Waals surface area contributed by atoms with Crippen LogP contribution in [0.1, 0.15) is 23.2 Å². The topological polar surface area (TPSA) is 58.5 Å². The molecule has 1 aromatic heterocycles. The number of nitrogens with zero attached hydrogens (tertiary/aromatic N) is 2. The van der Waals surface area contributed by atoms with Crippen LogP contribution in [0.3, 0.4) is 0 Å². The van der Waals surface area contributed by atoms with E-state index < -0.39 is 18.2 Å². The van der Waals surface area contributed by atoms with Gasteiger partial charge in [0.2, 0.25) is 0 Å². The standard InChI is InChI=1S/C17H18F6N4OS.HI/c1-2-24-15(25-8-7-14-27-13(10-29-14)16(18,19)20)26-9-11-5-3-4-6-12(11)28-17(21,22)23;/h3-6,10H,2,7-9H2,1H3,(H2,24,25,26);1H. The summed E-state index contributed by atoms with van der Waals surface area (Å²) < 4.78 is 79.1. The van der Waals surface area contributed by atoms with Crippen LogP contribution >= 0.6 is 35.3 Å². The molecule has 0 radical (unpaired) electrons. The van der Waals surface area contributed by atoms with Gasteiger partial charge in [-0.15, -0.1) is 48.5 Å². The largest absolute Gasteiger partial charge is 0.573 e. The molecule has 5 nitrogen and oxygen atoms in total. The molecule has 0 atom stereocenters.